The summed E-state index contributed by atoms with van der Waals surface area (Å²) < 4.78 is 44.8. The highest BCUT2D eigenvalue weighted by atomic mass is 32.2. The first-order valence-electron chi connectivity index (χ1n) is 10.2. The van der Waals surface area contributed by atoms with E-state index in [1.807, 2.05) is 12.1 Å². The molecule has 1 saturated heterocycles. The van der Waals surface area contributed by atoms with E-state index in [-0.39, 0.29) is 43.6 Å². The third kappa shape index (κ3) is 4.62. The van der Waals surface area contributed by atoms with E-state index in [0.717, 1.165) is 37.0 Å². The summed E-state index contributed by atoms with van der Waals surface area (Å²) in [5, 5.41) is 0. The van der Waals surface area contributed by atoms with Gasteiger partial charge in [0.2, 0.25) is 10.0 Å². The Morgan fingerprint density at radius 3 is 2.32 bits per heavy atom. The van der Waals surface area contributed by atoms with Crippen molar-refractivity contribution >= 4 is 21.9 Å². The van der Waals surface area contributed by atoms with Crippen LogP contribution in [0.15, 0.2) is 47.4 Å². The van der Waals surface area contributed by atoms with E-state index in [0.29, 0.717) is 5.56 Å². The first-order chi connectivity index (χ1) is 14.8. The molecular weight excluding hydrogens is 423 g/mol. The van der Waals surface area contributed by atoms with Crippen LogP contribution in [0.3, 0.4) is 0 Å². The van der Waals surface area contributed by atoms with Crippen LogP contribution in [0.4, 0.5) is 4.39 Å². The molecule has 7 nitrogen and oxygen atoms in total. The van der Waals surface area contributed by atoms with Gasteiger partial charge in [0, 0.05) is 26.2 Å². The molecule has 0 N–H and O–H groups in total. The monoisotopic (exact) mass is 446 g/mol. The number of fused-ring (bicyclic) bond motifs is 1. The zero-order valence-corrected chi connectivity index (χ0v) is 17.7. The van der Waals surface area contributed by atoms with Crippen molar-refractivity contribution in [2.24, 2.45) is 0 Å². The predicted molar refractivity (Wildman–Crippen MR) is 110 cm³/mol. The van der Waals surface area contributed by atoms with Crippen LogP contribution in [0.2, 0.25) is 0 Å². The van der Waals surface area contributed by atoms with E-state index >= 15 is 0 Å². The summed E-state index contributed by atoms with van der Waals surface area (Å²) in [6.45, 7) is 0.223. The standard InChI is InChI=1S/C22H23FN2O5S/c23-19-6-8-20(9-7-19)31(28,29)25-12-10-24(11-13-25)21(26)15-30-22(27)18-5-4-16-2-1-3-17(16)14-18/h4-9,14H,1-3,10-13,15H2. The number of sulfonamides is 1. The fraction of sp³-hybridized carbons (Fsp3) is 0.364. The second-order valence-electron chi connectivity index (χ2n) is 7.65. The zero-order chi connectivity index (χ0) is 22.0. The van der Waals surface area contributed by atoms with E-state index in [1.54, 1.807) is 6.07 Å². The lowest BCUT2D eigenvalue weighted by molar-refractivity contribution is -0.135. The minimum absolute atomic E-state index is 0.0111. The summed E-state index contributed by atoms with van der Waals surface area (Å²) in [6, 6.07) is 10.1. The van der Waals surface area contributed by atoms with Crippen LogP contribution in [0.25, 0.3) is 0 Å². The molecule has 1 heterocycles. The Kier molecular flexibility index (Phi) is 6.06. The van der Waals surface area contributed by atoms with E-state index in [9.17, 15) is 22.4 Å². The van der Waals surface area contributed by atoms with Crippen LogP contribution in [0.1, 0.15) is 27.9 Å². The van der Waals surface area contributed by atoms with E-state index < -0.39 is 21.8 Å². The molecule has 0 spiro atoms. The summed E-state index contributed by atoms with van der Waals surface area (Å²) in [6.07, 6.45) is 3.04. The van der Waals surface area contributed by atoms with Crippen LogP contribution in [-0.2, 0) is 32.4 Å². The molecule has 0 saturated carbocycles. The first kappa shape index (κ1) is 21.5. The largest absolute Gasteiger partial charge is 0.452 e. The van der Waals surface area contributed by atoms with Crippen molar-refractivity contribution in [2.75, 3.05) is 32.8 Å². The molecule has 31 heavy (non-hydrogen) atoms. The van der Waals surface area contributed by atoms with Crippen LogP contribution in [0, 0.1) is 5.82 Å². The summed E-state index contributed by atoms with van der Waals surface area (Å²) in [5.74, 6) is -1.42. The Bertz CT molecular complexity index is 1090. The van der Waals surface area contributed by atoms with E-state index in [2.05, 4.69) is 0 Å². The third-order valence-corrected chi connectivity index (χ3v) is 7.62. The van der Waals surface area contributed by atoms with Crippen molar-refractivity contribution in [1.29, 1.82) is 0 Å². The SMILES string of the molecule is O=C(OCC(=O)N1CCN(S(=O)(=O)c2ccc(F)cc2)CC1)c1ccc2c(c1)CCC2. The number of piperazine rings is 1. The topological polar surface area (TPSA) is 84.0 Å². The number of aryl methyl sites for hydroxylation is 2. The van der Waals surface area contributed by atoms with Crippen LogP contribution in [-0.4, -0.2) is 62.3 Å². The maximum Gasteiger partial charge on any atom is 0.338 e. The fourth-order valence-electron chi connectivity index (χ4n) is 3.93. The van der Waals surface area contributed by atoms with Crippen molar-refractivity contribution in [1.82, 2.24) is 9.21 Å². The average molecular weight is 447 g/mol. The molecule has 2 aromatic carbocycles. The maximum atomic E-state index is 13.1. The lowest BCUT2D eigenvalue weighted by atomic mass is 10.1. The summed E-state index contributed by atoms with van der Waals surface area (Å²) in [5.41, 5.74) is 2.84. The molecule has 0 radical (unpaired) electrons. The van der Waals surface area contributed by atoms with Gasteiger partial charge in [-0.15, -0.1) is 0 Å². The number of benzene rings is 2. The van der Waals surface area contributed by atoms with Crippen molar-refractivity contribution < 1.29 is 27.1 Å². The van der Waals surface area contributed by atoms with Crippen LogP contribution in [0.5, 0.6) is 0 Å². The van der Waals surface area contributed by atoms with Gasteiger partial charge in [0.15, 0.2) is 6.61 Å². The first-order valence-corrected chi connectivity index (χ1v) is 11.6. The lowest BCUT2D eigenvalue weighted by Gasteiger charge is -2.33. The lowest BCUT2D eigenvalue weighted by Crippen LogP contribution is -2.51. The van der Waals surface area contributed by atoms with Crippen molar-refractivity contribution in [3.05, 3.63) is 65.0 Å². The molecule has 2 aromatic rings. The van der Waals surface area contributed by atoms with Crippen LogP contribution < -0.4 is 0 Å². The number of amides is 1. The highest BCUT2D eigenvalue weighted by molar-refractivity contribution is 7.89. The van der Waals surface area contributed by atoms with Crippen LogP contribution >= 0.6 is 0 Å². The smallest absolute Gasteiger partial charge is 0.338 e. The summed E-state index contributed by atoms with van der Waals surface area (Å²) in [4.78, 5) is 26.2. The molecule has 1 fully saturated rings. The molecule has 1 amide bonds. The minimum atomic E-state index is -3.75. The number of ether oxygens (including phenoxy) is 1. The molecule has 0 atom stereocenters. The predicted octanol–water partition coefficient (Wildman–Crippen LogP) is 2.00. The number of halogens is 1. The van der Waals surface area contributed by atoms with Gasteiger partial charge < -0.3 is 9.64 Å². The van der Waals surface area contributed by atoms with Gasteiger partial charge in [-0.3, -0.25) is 4.79 Å². The Morgan fingerprint density at radius 1 is 0.935 bits per heavy atom. The summed E-state index contributed by atoms with van der Waals surface area (Å²) >= 11 is 0. The molecule has 1 aliphatic heterocycles. The van der Waals surface area contributed by atoms with E-state index in [1.165, 1.54) is 26.9 Å². The molecule has 2 aliphatic rings. The maximum absolute atomic E-state index is 13.1. The van der Waals surface area contributed by atoms with Gasteiger partial charge in [-0.05, 0) is 66.8 Å². The number of rotatable bonds is 5. The second-order valence-corrected chi connectivity index (χ2v) is 9.59. The van der Waals surface area contributed by atoms with Gasteiger partial charge in [0.1, 0.15) is 5.82 Å². The van der Waals surface area contributed by atoms with Gasteiger partial charge in [0.25, 0.3) is 5.91 Å². The molecule has 0 bridgehead atoms. The Morgan fingerprint density at radius 2 is 1.61 bits per heavy atom. The van der Waals surface area contributed by atoms with Gasteiger partial charge >= 0.3 is 5.97 Å². The Labute approximate surface area is 180 Å². The molecule has 9 heteroatoms. The molecule has 164 valence electrons. The minimum Gasteiger partial charge on any atom is -0.452 e. The zero-order valence-electron chi connectivity index (χ0n) is 16.9. The molecule has 1 aliphatic carbocycles. The molecular formula is C22H23FN2O5S. The Balaban J connectivity index is 1.29. The van der Waals surface area contributed by atoms with E-state index in [4.69, 9.17) is 4.74 Å². The molecule has 0 aromatic heterocycles. The molecule has 4 rings (SSSR count). The van der Waals surface area contributed by atoms with Crippen molar-refractivity contribution in [2.45, 2.75) is 24.2 Å². The number of nitrogens with zero attached hydrogens (tertiary/aromatic N) is 2. The normalized spacial score (nSPS) is 16.7. The number of hydrogen-bond donors (Lipinski definition) is 0. The second kappa shape index (κ2) is 8.76. The highest BCUT2D eigenvalue weighted by Gasteiger charge is 2.30. The van der Waals surface area contributed by atoms with Gasteiger partial charge in [0.05, 0.1) is 10.5 Å². The quantitative estimate of drug-likeness (QED) is 0.656. The molecule has 0 unspecified atom stereocenters. The summed E-state index contributed by atoms with van der Waals surface area (Å²) in [7, 11) is -3.75. The highest BCUT2D eigenvalue weighted by Crippen LogP contribution is 2.23. The average Bonchev–Trinajstić information content (AvgIpc) is 3.25. The number of esters is 1. The van der Waals surface area contributed by atoms with Gasteiger partial charge in [-0.1, -0.05) is 6.07 Å². The number of hydrogen-bond acceptors (Lipinski definition) is 5. The van der Waals surface area contributed by atoms with Crippen molar-refractivity contribution in [3.8, 4) is 0 Å². The Hall–Kier alpha value is -2.78. The third-order valence-electron chi connectivity index (χ3n) is 5.70. The van der Waals surface area contributed by atoms with Gasteiger partial charge in [-0.2, -0.15) is 4.31 Å². The van der Waals surface area contributed by atoms with Gasteiger partial charge in [-0.25, -0.2) is 17.6 Å². The fourth-order valence-corrected chi connectivity index (χ4v) is 5.36. The van der Waals surface area contributed by atoms with Crippen molar-refractivity contribution in [3.63, 3.8) is 0 Å². The number of carbonyl (C=O) groups excluding carboxylic acids is 2. The number of carbonyl (C=O) groups is 2.